The number of aliphatic hydroxyl groups is 1. The van der Waals surface area contributed by atoms with Gasteiger partial charge in [0.15, 0.2) is 0 Å². The van der Waals surface area contributed by atoms with Gasteiger partial charge in [-0.25, -0.2) is 4.39 Å². The van der Waals surface area contributed by atoms with Crippen molar-refractivity contribution in [1.82, 2.24) is 5.32 Å². The number of likely N-dealkylation sites (N-methyl/N-ethyl adjacent to an activating group) is 1. The Bertz CT molecular complexity index is 682. The van der Waals surface area contributed by atoms with Gasteiger partial charge in [-0.3, -0.25) is 0 Å². The van der Waals surface area contributed by atoms with Crippen LogP contribution in [0.25, 0.3) is 0 Å². The minimum Gasteiger partial charge on any atom is -0.389 e. The van der Waals surface area contributed by atoms with Gasteiger partial charge in [-0.15, -0.1) is 12.4 Å². The molecular formula is C19H24ClFN2O. The molecule has 0 radical (unpaired) electrons. The number of hydrogen-bond donors (Lipinski definition) is 2. The molecule has 3 rings (SSSR count). The second-order valence-corrected chi connectivity index (χ2v) is 6.24. The lowest BCUT2D eigenvalue weighted by molar-refractivity contribution is 0.140. The summed E-state index contributed by atoms with van der Waals surface area (Å²) in [5.41, 5.74) is 3.21. The SMILES string of the molecule is CNC[C@@H](O)[C@H](c1cccc(F)c1)N1C[C@H](C)c2ccccc21.Cl. The highest BCUT2D eigenvalue weighted by Crippen LogP contribution is 2.41. The normalized spacial score (nSPS) is 18.7. The predicted octanol–water partition coefficient (Wildman–Crippen LogP) is 3.49. The van der Waals surface area contributed by atoms with Gasteiger partial charge in [0.2, 0.25) is 0 Å². The molecular weight excluding hydrogens is 327 g/mol. The van der Waals surface area contributed by atoms with Gasteiger partial charge < -0.3 is 15.3 Å². The van der Waals surface area contributed by atoms with Crippen LogP contribution in [-0.4, -0.2) is 31.3 Å². The van der Waals surface area contributed by atoms with Crippen molar-refractivity contribution >= 4 is 18.1 Å². The fraction of sp³-hybridized carbons (Fsp3) is 0.368. The second-order valence-electron chi connectivity index (χ2n) is 6.24. The maximum atomic E-state index is 13.7. The van der Waals surface area contributed by atoms with Crippen molar-refractivity contribution < 1.29 is 9.50 Å². The molecule has 24 heavy (non-hydrogen) atoms. The molecule has 0 aliphatic carbocycles. The maximum Gasteiger partial charge on any atom is 0.123 e. The van der Waals surface area contributed by atoms with E-state index in [1.165, 1.54) is 17.7 Å². The molecule has 0 amide bonds. The van der Waals surface area contributed by atoms with Crippen molar-refractivity contribution in [3.63, 3.8) is 0 Å². The third-order valence-corrected chi connectivity index (χ3v) is 4.55. The molecule has 1 aliphatic rings. The largest absolute Gasteiger partial charge is 0.389 e. The highest BCUT2D eigenvalue weighted by Gasteiger charge is 2.34. The number of halogens is 2. The number of rotatable bonds is 5. The first kappa shape index (κ1) is 18.7. The molecule has 0 saturated heterocycles. The van der Waals surface area contributed by atoms with Crippen molar-refractivity contribution in [3.05, 3.63) is 65.5 Å². The molecule has 5 heteroatoms. The van der Waals surface area contributed by atoms with Crippen LogP contribution in [0.15, 0.2) is 48.5 Å². The van der Waals surface area contributed by atoms with Crippen LogP contribution in [0.2, 0.25) is 0 Å². The first-order chi connectivity index (χ1) is 11.1. The molecule has 2 N–H and O–H groups in total. The summed E-state index contributed by atoms with van der Waals surface area (Å²) in [4.78, 5) is 2.21. The van der Waals surface area contributed by atoms with Crippen LogP contribution in [0.3, 0.4) is 0 Å². The molecule has 2 aromatic rings. The number of hydrogen-bond acceptors (Lipinski definition) is 3. The van der Waals surface area contributed by atoms with Crippen LogP contribution in [0.4, 0.5) is 10.1 Å². The molecule has 2 aromatic carbocycles. The topological polar surface area (TPSA) is 35.5 Å². The van der Waals surface area contributed by atoms with E-state index in [0.29, 0.717) is 12.5 Å². The van der Waals surface area contributed by atoms with Crippen LogP contribution in [0.5, 0.6) is 0 Å². The molecule has 1 aliphatic heterocycles. The van der Waals surface area contributed by atoms with Crippen LogP contribution in [0.1, 0.15) is 30.0 Å². The van der Waals surface area contributed by atoms with E-state index in [9.17, 15) is 9.50 Å². The van der Waals surface area contributed by atoms with Crippen molar-refractivity contribution in [2.45, 2.75) is 25.0 Å². The molecule has 3 nitrogen and oxygen atoms in total. The average molecular weight is 351 g/mol. The summed E-state index contributed by atoms with van der Waals surface area (Å²) in [6.45, 7) is 3.46. The summed E-state index contributed by atoms with van der Waals surface area (Å²) in [6, 6.07) is 14.5. The van der Waals surface area contributed by atoms with Gasteiger partial charge in [0.1, 0.15) is 5.82 Å². The van der Waals surface area contributed by atoms with Gasteiger partial charge in [-0.05, 0) is 36.4 Å². The predicted molar refractivity (Wildman–Crippen MR) is 98.5 cm³/mol. The van der Waals surface area contributed by atoms with Gasteiger partial charge in [0.25, 0.3) is 0 Å². The monoisotopic (exact) mass is 350 g/mol. The Morgan fingerprint density at radius 2 is 2.00 bits per heavy atom. The van der Waals surface area contributed by atoms with Gasteiger partial charge in [-0.1, -0.05) is 37.3 Å². The maximum absolute atomic E-state index is 13.7. The molecule has 0 fully saturated rings. The van der Waals surface area contributed by atoms with E-state index in [2.05, 4.69) is 29.3 Å². The smallest absolute Gasteiger partial charge is 0.123 e. The number of aliphatic hydroxyl groups excluding tert-OH is 1. The summed E-state index contributed by atoms with van der Waals surface area (Å²) >= 11 is 0. The Balaban J connectivity index is 0.00000208. The van der Waals surface area contributed by atoms with Crippen LogP contribution < -0.4 is 10.2 Å². The Labute approximate surface area is 148 Å². The standard InChI is InChI=1S/C19H23FN2O.ClH/c1-13-12-22(17-9-4-3-8-16(13)17)19(18(23)11-21-2)14-6-5-7-15(20)10-14;/h3-10,13,18-19,21,23H,11-12H2,1-2H3;1H/t13-,18+,19-;/m0./s1. The Hall–Kier alpha value is -1.62. The van der Waals surface area contributed by atoms with Crippen LogP contribution in [0, 0.1) is 5.82 Å². The number of para-hydroxylation sites is 1. The number of anilines is 1. The Morgan fingerprint density at radius 1 is 1.25 bits per heavy atom. The lowest BCUT2D eigenvalue weighted by atomic mass is 9.99. The molecule has 0 bridgehead atoms. The molecule has 3 atom stereocenters. The summed E-state index contributed by atoms with van der Waals surface area (Å²) in [5, 5.41) is 13.7. The fourth-order valence-corrected chi connectivity index (χ4v) is 3.54. The number of nitrogens with one attached hydrogen (secondary N) is 1. The highest BCUT2D eigenvalue weighted by molar-refractivity contribution is 5.85. The summed E-state index contributed by atoms with van der Waals surface area (Å²) in [6.07, 6.45) is -0.625. The summed E-state index contributed by atoms with van der Waals surface area (Å²) in [7, 11) is 1.81. The van der Waals surface area contributed by atoms with Crippen molar-refractivity contribution in [3.8, 4) is 0 Å². The number of nitrogens with zero attached hydrogens (tertiary/aromatic N) is 1. The van der Waals surface area contributed by atoms with E-state index in [4.69, 9.17) is 0 Å². The summed E-state index contributed by atoms with van der Waals surface area (Å²) < 4.78 is 13.7. The van der Waals surface area contributed by atoms with Crippen molar-refractivity contribution in [2.75, 3.05) is 25.0 Å². The third-order valence-electron chi connectivity index (χ3n) is 4.55. The zero-order chi connectivity index (χ0) is 16.4. The van der Waals surface area contributed by atoms with E-state index in [1.807, 2.05) is 25.2 Å². The minimum atomic E-state index is -0.625. The van der Waals surface area contributed by atoms with E-state index >= 15 is 0 Å². The van der Waals surface area contributed by atoms with Crippen LogP contribution >= 0.6 is 12.4 Å². The molecule has 0 unspecified atom stereocenters. The lowest BCUT2D eigenvalue weighted by Gasteiger charge is -2.34. The van der Waals surface area contributed by atoms with Crippen molar-refractivity contribution in [2.24, 2.45) is 0 Å². The lowest BCUT2D eigenvalue weighted by Crippen LogP contribution is -2.40. The summed E-state index contributed by atoms with van der Waals surface area (Å²) in [5.74, 6) is 0.119. The molecule has 0 aromatic heterocycles. The highest BCUT2D eigenvalue weighted by atomic mass is 35.5. The van der Waals surface area contributed by atoms with E-state index in [1.54, 1.807) is 6.07 Å². The first-order valence-corrected chi connectivity index (χ1v) is 8.05. The van der Waals surface area contributed by atoms with E-state index in [0.717, 1.165) is 17.8 Å². The average Bonchev–Trinajstić information content (AvgIpc) is 2.86. The zero-order valence-electron chi connectivity index (χ0n) is 13.9. The molecule has 0 spiro atoms. The number of fused-ring (bicyclic) bond motifs is 1. The van der Waals surface area contributed by atoms with E-state index < -0.39 is 6.10 Å². The van der Waals surface area contributed by atoms with Gasteiger partial charge in [0.05, 0.1) is 12.1 Å². The minimum absolute atomic E-state index is 0. The van der Waals surface area contributed by atoms with E-state index in [-0.39, 0.29) is 24.3 Å². The quantitative estimate of drug-likeness (QED) is 0.866. The molecule has 1 heterocycles. The fourth-order valence-electron chi connectivity index (χ4n) is 3.54. The second kappa shape index (κ2) is 7.97. The molecule has 130 valence electrons. The molecule has 0 saturated carbocycles. The van der Waals surface area contributed by atoms with Crippen LogP contribution in [-0.2, 0) is 0 Å². The number of benzene rings is 2. The zero-order valence-corrected chi connectivity index (χ0v) is 14.8. The van der Waals surface area contributed by atoms with Gasteiger partial charge in [0, 0.05) is 24.7 Å². The van der Waals surface area contributed by atoms with Crippen molar-refractivity contribution in [1.29, 1.82) is 0 Å². The van der Waals surface area contributed by atoms with Gasteiger partial charge >= 0.3 is 0 Å². The third kappa shape index (κ3) is 3.56. The van der Waals surface area contributed by atoms with Gasteiger partial charge in [-0.2, -0.15) is 0 Å². The Morgan fingerprint density at radius 3 is 2.71 bits per heavy atom. The first-order valence-electron chi connectivity index (χ1n) is 8.05. The Kier molecular flexibility index (Phi) is 6.21.